The third-order valence-corrected chi connectivity index (χ3v) is 15.0. The number of aliphatic hydroxyl groups is 2. The van der Waals surface area contributed by atoms with Crippen molar-refractivity contribution in [2.24, 2.45) is 0 Å². The second-order valence-corrected chi connectivity index (χ2v) is 21.7. The van der Waals surface area contributed by atoms with Crippen LogP contribution in [0.25, 0.3) is 0 Å². The fourth-order valence-electron chi connectivity index (χ4n) is 8.04. The normalized spacial score (nSPS) is 14.1. The van der Waals surface area contributed by atoms with Gasteiger partial charge >= 0.3 is 19.5 Å². The van der Waals surface area contributed by atoms with Gasteiger partial charge in [0.25, 0.3) is 0 Å². The Kier molecular flexibility index (Phi) is 43.9. The minimum atomic E-state index is -4.25. The molecule has 11 heteroatoms. The topological polar surface area (TPSA) is 140 Å². The molecule has 3 N–H and O–H groups in total. The van der Waals surface area contributed by atoms with Gasteiger partial charge < -0.3 is 33.6 Å². The molecule has 2 unspecified atom stereocenters. The number of hydrogen-bond acceptors (Lipinski definition) is 8. The zero-order valence-corrected chi connectivity index (χ0v) is 43.9. The molecule has 65 heavy (non-hydrogen) atoms. The molecule has 0 amide bonds. The van der Waals surface area contributed by atoms with E-state index in [1.54, 1.807) is 21.0 Å². The van der Waals surface area contributed by atoms with Crippen LogP contribution in [0.4, 0.5) is 0 Å². The first-order valence-electron chi connectivity index (χ1n) is 27.2. The van der Waals surface area contributed by atoms with Crippen LogP contribution in [0.2, 0.25) is 0 Å². The molecule has 0 aliphatic rings. The average Bonchev–Trinajstić information content (AvgIpc) is 3.27. The van der Waals surface area contributed by atoms with Gasteiger partial charge in [-0.25, -0.2) is 0 Å². The molecule has 0 heterocycles. The second-order valence-electron chi connectivity index (χ2n) is 19.6. The number of aliphatic hydroxyl groups excluding tert-OH is 1. The Morgan fingerprint density at radius 3 is 1.26 bits per heavy atom. The first kappa shape index (κ1) is 63.5. The summed E-state index contributed by atoms with van der Waals surface area (Å²) in [5, 5.41) is 18.7. The van der Waals surface area contributed by atoms with Crippen molar-refractivity contribution in [1.29, 1.82) is 0 Å². The third-order valence-electron chi connectivity index (χ3n) is 12.9. The lowest BCUT2D eigenvalue weighted by Gasteiger charge is -2.37. The van der Waals surface area contributed by atoms with E-state index in [1.165, 1.54) is 167 Å². The van der Waals surface area contributed by atoms with Gasteiger partial charge in [-0.15, -0.1) is 0 Å². The van der Waals surface area contributed by atoms with Gasteiger partial charge in [0.15, 0.2) is 18.2 Å². The Morgan fingerprint density at radius 2 is 0.862 bits per heavy atom. The van der Waals surface area contributed by atoms with Crippen molar-refractivity contribution < 1.29 is 47.7 Å². The molecule has 0 radical (unpaired) electrons. The van der Waals surface area contributed by atoms with Gasteiger partial charge in [0.2, 0.25) is 0 Å². The molecule has 3 atom stereocenters. The summed E-state index contributed by atoms with van der Waals surface area (Å²) in [6.45, 7) is 5.66. The predicted octanol–water partition coefficient (Wildman–Crippen LogP) is 15.0. The highest BCUT2D eigenvalue weighted by Gasteiger charge is 2.42. The van der Waals surface area contributed by atoms with Gasteiger partial charge in [-0.2, -0.15) is 0 Å². The van der Waals surface area contributed by atoms with E-state index in [1.807, 2.05) is 0 Å². The van der Waals surface area contributed by atoms with Crippen LogP contribution in [-0.4, -0.2) is 83.6 Å². The van der Waals surface area contributed by atoms with E-state index in [4.69, 9.17) is 14.0 Å². The van der Waals surface area contributed by atoms with Crippen LogP contribution in [0.5, 0.6) is 0 Å². The lowest BCUT2D eigenvalue weighted by atomic mass is 10.0. The van der Waals surface area contributed by atoms with Gasteiger partial charge in [-0.1, -0.05) is 192 Å². The maximum atomic E-state index is 13.3. The van der Waals surface area contributed by atoms with Gasteiger partial charge in [0.1, 0.15) is 6.61 Å². The molecule has 0 aromatic rings. The SMILES string of the molecule is CCCCCCC/C=C\CCCCCCCCCC/C=C\CCCCC(=O)OC[C@H](COP(=O)(O)C(C)[N+](C)(C)CCC(O)O)OC(=O)CCCCCCCCCCCCCCCCC. The van der Waals surface area contributed by atoms with E-state index < -0.39 is 44.3 Å². The number of allylic oxidation sites excluding steroid dienone is 4. The first-order chi connectivity index (χ1) is 31.4. The Labute approximate surface area is 400 Å². The number of unbranched alkanes of at least 4 members (excludes halogenated alkanes) is 30. The summed E-state index contributed by atoms with van der Waals surface area (Å²) < 4.78 is 30.0. The Hall–Kier alpha value is -1.55. The van der Waals surface area contributed by atoms with Crippen LogP contribution in [0.15, 0.2) is 24.3 Å². The summed E-state index contributed by atoms with van der Waals surface area (Å²) in [7, 11) is -0.817. The van der Waals surface area contributed by atoms with Crippen molar-refractivity contribution in [3.05, 3.63) is 24.3 Å². The van der Waals surface area contributed by atoms with Crippen LogP contribution < -0.4 is 0 Å². The molecular formula is C54H105NO9P+. The summed E-state index contributed by atoms with van der Waals surface area (Å²) in [6, 6.07) is 0. The summed E-state index contributed by atoms with van der Waals surface area (Å²) in [6.07, 6.45) is 48.9. The molecule has 0 saturated carbocycles. The van der Waals surface area contributed by atoms with Crippen molar-refractivity contribution in [3.63, 3.8) is 0 Å². The van der Waals surface area contributed by atoms with Crippen molar-refractivity contribution in [2.45, 2.75) is 277 Å². The maximum Gasteiger partial charge on any atom is 0.384 e. The maximum absolute atomic E-state index is 13.3. The van der Waals surface area contributed by atoms with E-state index in [-0.39, 0.29) is 36.9 Å². The van der Waals surface area contributed by atoms with Crippen molar-refractivity contribution in [2.75, 3.05) is 33.9 Å². The van der Waals surface area contributed by atoms with E-state index in [0.29, 0.717) is 12.8 Å². The highest BCUT2D eigenvalue weighted by atomic mass is 31.2. The van der Waals surface area contributed by atoms with Gasteiger partial charge in [0.05, 0.1) is 27.2 Å². The minimum absolute atomic E-state index is 0.0113. The second kappa shape index (κ2) is 44.9. The van der Waals surface area contributed by atoms with Crippen LogP contribution in [0.3, 0.4) is 0 Å². The molecule has 0 aromatic carbocycles. The number of carbonyl (C=O) groups is 2. The smallest absolute Gasteiger partial charge is 0.384 e. The first-order valence-corrected chi connectivity index (χ1v) is 28.8. The van der Waals surface area contributed by atoms with Crippen LogP contribution >= 0.6 is 7.60 Å². The van der Waals surface area contributed by atoms with Gasteiger partial charge in [-0.3, -0.25) is 14.2 Å². The molecule has 0 saturated heterocycles. The average molecular weight is 943 g/mol. The molecule has 0 bridgehead atoms. The predicted molar refractivity (Wildman–Crippen MR) is 272 cm³/mol. The van der Waals surface area contributed by atoms with Crippen molar-refractivity contribution in [1.82, 2.24) is 0 Å². The molecule has 10 nitrogen and oxygen atoms in total. The molecule has 0 fully saturated rings. The number of ether oxygens (including phenoxy) is 2. The Morgan fingerprint density at radius 1 is 0.523 bits per heavy atom. The Bertz CT molecular complexity index is 1190. The van der Waals surface area contributed by atoms with E-state index in [9.17, 15) is 29.3 Å². The van der Waals surface area contributed by atoms with Gasteiger partial charge in [-0.05, 0) is 71.1 Å². The van der Waals surface area contributed by atoms with E-state index in [2.05, 4.69) is 38.2 Å². The number of esters is 2. The van der Waals surface area contributed by atoms with E-state index >= 15 is 0 Å². The molecule has 0 aromatic heterocycles. The van der Waals surface area contributed by atoms with E-state index in [0.717, 1.165) is 38.5 Å². The molecule has 0 spiro atoms. The Balaban J connectivity index is 4.44. The molecule has 0 aliphatic heterocycles. The fourth-order valence-corrected chi connectivity index (χ4v) is 9.54. The van der Waals surface area contributed by atoms with Crippen LogP contribution in [-0.2, 0) is 28.2 Å². The third kappa shape index (κ3) is 42.3. The lowest BCUT2D eigenvalue weighted by molar-refractivity contribution is -0.901. The number of quaternary nitrogens is 1. The van der Waals surface area contributed by atoms with Crippen LogP contribution in [0, 0.1) is 0 Å². The standard InChI is InChI=1S/C54H104NO9P/c1-6-8-10-12-14-16-18-20-22-23-24-25-26-27-28-29-31-32-34-36-38-40-42-44-53(58)62-48-51(49-63-65(60,61)50(3)55(4,5)47-46-52(56)57)64-54(59)45-43-41-39-37-35-33-30-21-19-17-15-13-11-9-7-2/h18,20,34,36,50-52,56-57H,6-17,19,21-33,35,37-49H2,1-5H3/p+1/b20-18-,36-34-/t50?,51-/m1/s1. The summed E-state index contributed by atoms with van der Waals surface area (Å²) in [4.78, 5) is 36.4. The molecular weight excluding hydrogens is 838 g/mol. The zero-order chi connectivity index (χ0) is 48.1. The minimum Gasteiger partial charge on any atom is -0.462 e. The lowest BCUT2D eigenvalue weighted by Crippen LogP contribution is -2.49. The largest absolute Gasteiger partial charge is 0.462 e. The van der Waals surface area contributed by atoms with Crippen molar-refractivity contribution in [3.8, 4) is 0 Å². The fraction of sp³-hybridized carbons (Fsp3) is 0.889. The highest BCUT2D eigenvalue weighted by Crippen LogP contribution is 2.50. The van der Waals surface area contributed by atoms with Crippen molar-refractivity contribution >= 4 is 19.5 Å². The van der Waals surface area contributed by atoms with Crippen LogP contribution in [0.1, 0.15) is 258 Å². The monoisotopic (exact) mass is 943 g/mol. The molecule has 0 rings (SSSR count). The molecule has 384 valence electrons. The summed E-state index contributed by atoms with van der Waals surface area (Å²) in [5.74, 6) is -1.75. The number of hydrogen-bond donors (Lipinski definition) is 3. The van der Waals surface area contributed by atoms with Gasteiger partial charge in [0, 0.05) is 19.3 Å². The summed E-state index contributed by atoms with van der Waals surface area (Å²) in [5.41, 5.74) is 0. The molecule has 0 aliphatic carbocycles. The highest BCUT2D eigenvalue weighted by molar-refractivity contribution is 7.53. The summed E-state index contributed by atoms with van der Waals surface area (Å²) >= 11 is 0. The number of rotatable bonds is 49. The quantitative estimate of drug-likeness (QED) is 0.0136. The number of nitrogens with zero attached hydrogens (tertiary/aromatic N) is 1. The number of carbonyl (C=O) groups excluding carboxylic acids is 2. The zero-order valence-electron chi connectivity index (χ0n) is 43.0.